The van der Waals surface area contributed by atoms with Crippen molar-refractivity contribution in [2.45, 2.75) is 39.9 Å². The van der Waals surface area contributed by atoms with Gasteiger partial charge < -0.3 is 4.74 Å². The van der Waals surface area contributed by atoms with Crippen molar-refractivity contribution in [1.29, 1.82) is 0 Å². The molecule has 2 heterocycles. The summed E-state index contributed by atoms with van der Waals surface area (Å²) in [5.41, 5.74) is 2.35. The number of halogens is 1. The molecule has 1 aliphatic rings. The van der Waals surface area contributed by atoms with Gasteiger partial charge in [0.2, 0.25) is 0 Å². The van der Waals surface area contributed by atoms with Gasteiger partial charge in [0.25, 0.3) is 0 Å². The molecule has 17 heavy (non-hydrogen) atoms. The van der Waals surface area contributed by atoms with Crippen LogP contribution in [0.3, 0.4) is 0 Å². The lowest BCUT2D eigenvalue weighted by Gasteiger charge is -2.33. The molecule has 1 unspecified atom stereocenters. The van der Waals surface area contributed by atoms with Crippen LogP contribution in [0.15, 0.2) is 4.47 Å². The van der Waals surface area contributed by atoms with Gasteiger partial charge in [-0.1, -0.05) is 0 Å². The van der Waals surface area contributed by atoms with Crippen LogP contribution in [0.2, 0.25) is 0 Å². The minimum Gasteiger partial charge on any atom is -0.379 e. The van der Waals surface area contributed by atoms with Crippen LogP contribution in [0, 0.1) is 6.92 Å². The second-order valence-corrected chi connectivity index (χ2v) is 5.35. The Morgan fingerprint density at radius 1 is 1.53 bits per heavy atom. The molecule has 4 nitrogen and oxygen atoms in total. The van der Waals surface area contributed by atoms with Crippen molar-refractivity contribution in [3.8, 4) is 0 Å². The number of morpholine rings is 1. The molecule has 96 valence electrons. The predicted octanol–water partition coefficient (Wildman–Crippen LogP) is 2.19. The van der Waals surface area contributed by atoms with Crippen LogP contribution in [0.4, 0.5) is 0 Å². The Labute approximate surface area is 111 Å². The third-order valence-corrected chi connectivity index (χ3v) is 4.34. The zero-order chi connectivity index (χ0) is 12.4. The molecule has 0 spiro atoms. The lowest BCUT2D eigenvalue weighted by Crippen LogP contribution is -2.43. The summed E-state index contributed by atoms with van der Waals surface area (Å²) in [5.74, 6) is 0. The molecule has 1 aromatic heterocycles. The van der Waals surface area contributed by atoms with Gasteiger partial charge >= 0.3 is 0 Å². The zero-order valence-electron chi connectivity index (χ0n) is 10.7. The lowest BCUT2D eigenvalue weighted by atomic mass is 10.2. The van der Waals surface area contributed by atoms with E-state index in [1.807, 2.05) is 6.92 Å². The fourth-order valence-corrected chi connectivity index (χ4v) is 2.62. The van der Waals surface area contributed by atoms with E-state index in [0.29, 0.717) is 6.04 Å². The Kier molecular flexibility index (Phi) is 4.22. The second-order valence-electron chi connectivity index (χ2n) is 4.56. The van der Waals surface area contributed by atoms with Crippen molar-refractivity contribution in [3.05, 3.63) is 15.9 Å². The molecule has 0 aliphatic carbocycles. The van der Waals surface area contributed by atoms with Gasteiger partial charge in [0.15, 0.2) is 0 Å². The molecule has 2 rings (SSSR count). The van der Waals surface area contributed by atoms with E-state index in [4.69, 9.17) is 4.74 Å². The first-order chi connectivity index (χ1) is 8.13. The minimum atomic E-state index is 0.483. The first-order valence-corrected chi connectivity index (χ1v) is 6.96. The first kappa shape index (κ1) is 13.1. The molecule has 0 bridgehead atoms. The van der Waals surface area contributed by atoms with Crippen molar-refractivity contribution in [2.24, 2.45) is 0 Å². The molecule has 1 aromatic rings. The average molecular weight is 302 g/mol. The molecule has 5 heteroatoms. The third-order valence-electron chi connectivity index (χ3n) is 3.31. The molecule has 1 aliphatic heterocycles. The van der Waals surface area contributed by atoms with Gasteiger partial charge in [-0.3, -0.25) is 9.58 Å². The minimum absolute atomic E-state index is 0.483. The summed E-state index contributed by atoms with van der Waals surface area (Å²) < 4.78 is 8.70. The van der Waals surface area contributed by atoms with E-state index >= 15 is 0 Å². The van der Waals surface area contributed by atoms with Crippen LogP contribution in [0.5, 0.6) is 0 Å². The fraction of sp³-hybridized carbons (Fsp3) is 0.750. The molecule has 1 saturated heterocycles. The van der Waals surface area contributed by atoms with Gasteiger partial charge in [-0.2, -0.15) is 5.10 Å². The smallest absolute Gasteiger partial charge is 0.0739 e. The summed E-state index contributed by atoms with van der Waals surface area (Å²) in [6, 6.07) is 0.483. The van der Waals surface area contributed by atoms with Gasteiger partial charge in [0.1, 0.15) is 0 Å². The normalized spacial score (nSPS) is 22.0. The SMILES string of the molecule is CCn1nc(C)c(Br)c1CN1CCOCC1C. The van der Waals surface area contributed by atoms with Crippen LogP contribution in [0.25, 0.3) is 0 Å². The highest BCUT2D eigenvalue weighted by Gasteiger charge is 2.22. The van der Waals surface area contributed by atoms with E-state index in [-0.39, 0.29) is 0 Å². The largest absolute Gasteiger partial charge is 0.379 e. The number of ether oxygens (including phenoxy) is 1. The Balaban J connectivity index is 2.16. The van der Waals surface area contributed by atoms with E-state index in [9.17, 15) is 0 Å². The number of hydrogen-bond acceptors (Lipinski definition) is 3. The Morgan fingerprint density at radius 3 is 2.94 bits per heavy atom. The summed E-state index contributed by atoms with van der Waals surface area (Å²) in [6.07, 6.45) is 0. The van der Waals surface area contributed by atoms with Gasteiger partial charge in [0.05, 0.1) is 29.1 Å². The van der Waals surface area contributed by atoms with Crippen molar-refractivity contribution in [1.82, 2.24) is 14.7 Å². The fourth-order valence-electron chi connectivity index (χ4n) is 2.21. The summed E-state index contributed by atoms with van der Waals surface area (Å²) >= 11 is 3.65. The van der Waals surface area contributed by atoms with Gasteiger partial charge in [0, 0.05) is 25.7 Å². The molecule has 0 amide bonds. The highest BCUT2D eigenvalue weighted by Crippen LogP contribution is 2.23. The second kappa shape index (κ2) is 5.50. The topological polar surface area (TPSA) is 30.3 Å². The van der Waals surface area contributed by atoms with E-state index in [1.165, 1.54) is 5.69 Å². The van der Waals surface area contributed by atoms with Gasteiger partial charge in [-0.25, -0.2) is 0 Å². The Morgan fingerprint density at radius 2 is 2.29 bits per heavy atom. The first-order valence-electron chi connectivity index (χ1n) is 6.17. The number of aromatic nitrogens is 2. The highest BCUT2D eigenvalue weighted by molar-refractivity contribution is 9.10. The van der Waals surface area contributed by atoms with Gasteiger partial charge in [-0.15, -0.1) is 0 Å². The lowest BCUT2D eigenvalue weighted by molar-refractivity contribution is -0.00556. The van der Waals surface area contributed by atoms with E-state index < -0.39 is 0 Å². The van der Waals surface area contributed by atoms with E-state index in [2.05, 4.69) is 44.5 Å². The Hall–Kier alpha value is -0.390. The number of rotatable bonds is 3. The maximum absolute atomic E-state index is 5.47. The summed E-state index contributed by atoms with van der Waals surface area (Å²) in [4.78, 5) is 2.46. The molecule has 0 N–H and O–H groups in total. The van der Waals surface area contributed by atoms with E-state index in [0.717, 1.165) is 43.0 Å². The predicted molar refractivity (Wildman–Crippen MR) is 71.0 cm³/mol. The van der Waals surface area contributed by atoms with Crippen molar-refractivity contribution < 1.29 is 4.74 Å². The maximum atomic E-state index is 5.47. The van der Waals surface area contributed by atoms with Crippen molar-refractivity contribution in [2.75, 3.05) is 19.8 Å². The number of hydrogen-bond donors (Lipinski definition) is 0. The van der Waals surface area contributed by atoms with E-state index in [1.54, 1.807) is 0 Å². The number of aryl methyl sites for hydroxylation is 2. The molecule has 1 atom stereocenters. The number of nitrogens with zero attached hydrogens (tertiary/aromatic N) is 3. The molecule has 0 aromatic carbocycles. The zero-order valence-corrected chi connectivity index (χ0v) is 12.3. The summed E-state index contributed by atoms with van der Waals surface area (Å²) in [5, 5.41) is 4.53. The quantitative estimate of drug-likeness (QED) is 0.857. The van der Waals surface area contributed by atoms with Gasteiger partial charge in [-0.05, 0) is 36.7 Å². The summed E-state index contributed by atoms with van der Waals surface area (Å²) in [7, 11) is 0. The maximum Gasteiger partial charge on any atom is 0.0739 e. The molecular formula is C12H20BrN3O. The molecular weight excluding hydrogens is 282 g/mol. The third kappa shape index (κ3) is 2.72. The van der Waals surface area contributed by atoms with Crippen LogP contribution >= 0.6 is 15.9 Å². The summed E-state index contributed by atoms with van der Waals surface area (Å²) in [6.45, 7) is 10.9. The monoisotopic (exact) mass is 301 g/mol. The Bertz CT molecular complexity index is 391. The molecule has 0 radical (unpaired) electrons. The van der Waals surface area contributed by atoms with Crippen LogP contribution in [0.1, 0.15) is 25.2 Å². The van der Waals surface area contributed by atoms with Crippen LogP contribution in [-0.2, 0) is 17.8 Å². The average Bonchev–Trinajstić information content (AvgIpc) is 2.59. The van der Waals surface area contributed by atoms with Crippen LogP contribution in [-0.4, -0.2) is 40.5 Å². The van der Waals surface area contributed by atoms with Crippen molar-refractivity contribution >= 4 is 15.9 Å². The van der Waals surface area contributed by atoms with Crippen LogP contribution < -0.4 is 0 Å². The molecule has 0 saturated carbocycles. The highest BCUT2D eigenvalue weighted by atomic mass is 79.9. The molecule has 1 fully saturated rings. The standard InChI is InChI=1S/C12H20BrN3O/c1-4-16-11(12(13)10(3)14-16)7-15-5-6-17-8-9(15)2/h9H,4-8H2,1-3H3. The van der Waals surface area contributed by atoms with Crippen molar-refractivity contribution in [3.63, 3.8) is 0 Å².